The minimum absolute atomic E-state index is 0.110. The van der Waals surface area contributed by atoms with Gasteiger partial charge in [0.05, 0.1) is 5.92 Å². The minimum Gasteiger partial charge on any atom is -0.314 e. The Kier molecular flexibility index (Phi) is 2.60. The largest absolute Gasteiger partial charge is 0.314 e. The molecule has 0 spiro atoms. The van der Waals surface area contributed by atoms with Crippen molar-refractivity contribution in [1.29, 1.82) is 0 Å². The van der Waals surface area contributed by atoms with Gasteiger partial charge in [-0.15, -0.1) is 0 Å². The molecular weight excluding hydrogens is 246 g/mol. The maximum Gasteiger partial charge on any atom is 0.238 e. The van der Waals surface area contributed by atoms with Crippen molar-refractivity contribution in [3.05, 3.63) is 64.7 Å². The fourth-order valence-electron chi connectivity index (χ4n) is 2.46. The van der Waals surface area contributed by atoms with Crippen LogP contribution in [-0.2, 0) is 4.79 Å². The van der Waals surface area contributed by atoms with Crippen molar-refractivity contribution in [2.45, 2.75) is 5.92 Å². The normalized spacial score (nSPS) is 18.0. The van der Waals surface area contributed by atoms with Crippen molar-refractivity contribution >= 4 is 23.2 Å². The van der Waals surface area contributed by atoms with Crippen LogP contribution in [0.1, 0.15) is 17.0 Å². The zero-order valence-corrected chi connectivity index (χ0v) is 10.7. The average molecular weight is 258 g/mol. The third kappa shape index (κ3) is 1.61. The molecule has 0 unspecified atom stereocenters. The average Bonchev–Trinajstić information content (AvgIpc) is 2.64. The number of likely N-dealkylation sites (N-methyl/N-ethyl adjacent to an activating group) is 1. The fraction of sp³-hybridized carbons (Fsp3) is 0.133. The third-order valence-electron chi connectivity index (χ3n) is 3.39. The molecule has 2 aromatic rings. The number of hydrogen-bond acceptors (Lipinski definition) is 1. The molecule has 1 aliphatic heterocycles. The first-order chi connectivity index (χ1) is 8.68. The highest BCUT2D eigenvalue weighted by atomic mass is 35.5. The van der Waals surface area contributed by atoms with Crippen molar-refractivity contribution in [2.24, 2.45) is 0 Å². The van der Waals surface area contributed by atoms with Gasteiger partial charge in [-0.2, -0.15) is 0 Å². The third-order valence-corrected chi connectivity index (χ3v) is 3.64. The monoisotopic (exact) mass is 257 g/mol. The van der Waals surface area contributed by atoms with E-state index in [0.29, 0.717) is 5.02 Å². The van der Waals surface area contributed by atoms with Crippen LogP contribution in [0.25, 0.3) is 0 Å². The van der Waals surface area contributed by atoms with Gasteiger partial charge in [0, 0.05) is 17.8 Å². The van der Waals surface area contributed by atoms with Crippen LogP contribution in [0, 0.1) is 0 Å². The summed E-state index contributed by atoms with van der Waals surface area (Å²) in [4.78, 5) is 14.1. The molecule has 3 heteroatoms. The van der Waals surface area contributed by atoms with E-state index in [1.165, 1.54) is 0 Å². The zero-order valence-electron chi connectivity index (χ0n) is 9.93. The van der Waals surface area contributed by atoms with Crippen LogP contribution in [-0.4, -0.2) is 13.0 Å². The van der Waals surface area contributed by atoms with Gasteiger partial charge in [-0.05, 0) is 29.3 Å². The second-order valence-electron chi connectivity index (χ2n) is 4.44. The molecule has 0 N–H and O–H groups in total. The van der Waals surface area contributed by atoms with E-state index in [1.807, 2.05) is 55.6 Å². The predicted molar refractivity (Wildman–Crippen MR) is 73.1 cm³/mol. The summed E-state index contributed by atoms with van der Waals surface area (Å²) in [5.41, 5.74) is 3.04. The van der Waals surface area contributed by atoms with E-state index >= 15 is 0 Å². The molecule has 0 fully saturated rings. The predicted octanol–water partition coefficient (Wildman–Crippen LogP) is 3.45. The molecule has 1 heterocycles. The Morgan fingerprint density at radius 2 is 1.72 bits per heavy atom. The topological polar surface area (TPSA) is 20.3 Å². The van der Waals surface area contributed by atoms with Gasteiger partial charge in [-0.3, -0.25) is 4.79 Å². The van der Waals surface area contributed by atoms with Crippen molar-refractivity contribution in [1.82, 2.24) is 0 Å². The Morgan fingerprint density at radius 1 is 1.06 bits per heavy atom. The first-order valence-electron chi connectivity index (χ1n) is 5.80. The summed E-state index contributed by atoms with van der Waals surface area (Å²) in [6.07, 6.45) is 0. The number of para-hydroxylation sites is 1. The lowest BCUT2D eigenvalue weighted by Gasteiger charge is -2.11. The van der Waals surface area contributed by atoms with Crippen molar-refractivity contribution in [2.75, 3.05) is 11.9 Å². The summed E-state index contributed by atoms with van der Waals surface area (Å²) >= 11 is 5.89. The summed E-state index contributed by atoms with van der Waals surface area (Å²) in [5, 5.41) is 0.686. The molecule has 0 saturated carbocycles. The van der Waals surface area contributed by atoms with E-state index in [2.05, 4.69) is 0 Å². The SMILES string of the molecule is CN1C(=O)[C@@H](c2ccc(Cl)cc2)c2ccccc21. The van der Waals surface area contributed by atoms with Gasteiger partial charge >= 0.3 is 0 Å². The van der Waals surface area contributed by atoms with Gasteiger partial charge in [0.1, 0.15) is 0 Å². The van der Waals surface area contributed by atoms with Crippen LogP contribution in [0.3, 0.4) is 0 Å². The van der Waals surface area contributed by atoms with E-state index in [-0.39, 0.29) is 11.8 Å². The molecule has 2 nitrogen and oxygen atoms in total. The van der Waals surface area contributed by atoms with Gasteiger partial charge in [0.15, 0.2) is 0 Å². The van der Waals surface area contributed by atoms with Crippen molar-refractivity contribution < 1.29 is 4.79 Å². The highest BCUT2D eigenvalue weighted by Crippen LogP contribution is 2.40. The van der Waals surface area contributed by atoms with Crippen LogP contribution >= 0.6 is 11.6 Å². The second-order valence-corrected chi connectivity index (χ2v) is 4.88. The van der Waals surface area contributed by atoms with Crippen LogP contribution in [0.15, 0.2) is 48.5 Å². The molecule has 0 aromatic heterocycles. The van der Waals surface area contributed by atoms with E-state index in [9.17, 15) is 4.79 Å². The number of anilines is 1. The quantitative estimate of drug-likeness (QED) is 0.766. The standard InChI is InChI=1S/C15H12ClNO/c1-17-13-5-3-2-4-12(13)14(15(17)18)10-6-8-11(16)9-7-10/h2-9,14H,1H3/t14-/m0/s1. The number of carbonyl (C=O) groups is 1. The Hall–Kier alpha value is -1.80. The van der Waals surface area contributed by atoms with E-state index in [0.717, 1.165) is 16.8 Å². The summed E-state index contributed by atoms with van der Waals surface area (Å²) in [6, 6.07) is 15.4. The lowest BCUT2D eigenvalue weighted by Crippen LogP contribution is -2.24. The van der Waals surface area contributed by atoms with Gasteiger partial charge < -0.3 is 4.90 Å². The number of nitrogens with zero attached hydrogens (tertiary/aromatic N) is 1. The van der Waals surface area contributed by atoms with Gasteiger partial charge in [-0.1, -0.05) is 41.9 Å². The molecule has 1 aliphatic rings. The number of hydrogen-bond donors (Lipinski definition) is 0. The molecule has 1 amide bonds. The summed E-state index contributed by atoms with van der Waals surface area (Å²) in [7, 11) is 1.82. The molecule has 1 atom stereocenters. The zero-order chi connectivity index (χ0) is 12.7. The highest BCUT2D eigenvalue weighted by Gasteiger charge is 2.35. The number of amides is 1. The number of halogens is 1. The van der Waals surface area contributed by atoms with Gasteiger partial charge in [-0.25, -0.2) is 0 Å². The van der Waals surface area contributed by atoms with Crippen LogP contribution in [0.4, 0.5) is 5.69 Å². The lowest BCUT2D eigenvalue weighted by molar-refractivity contribution is -0.118. The number of rotatable bonds is 1. The Bertz CT molecular complexity index is 606. The number of carbonyl (C=O) groups excluding carboxylic acids is 1. The first kappa shape index (κ1) is 11.3. The molecule has 0 bridgehead atoms. The number of benzene rings is 2. The fourth-order valence-corrected chi connectivity index (χ4v) is 2.59. The van der Waals surface area contributed by atoms with Crippen LogP contribution in [0.5, 0.6) is 0 Å². The van der Waals surface area contributed by atoms with E-state index in [1.54, 1.807) is 4.90 Å². The Labute approximate surface area is 111 Å². The Balaban J connectivity index is 2.13. The van der Waals surface area contributed by atoms with E-state index < -0.39 is 0 Å². The molecular formula is C15H12ClNO. The maximum absolute atomic E-state index is 12.3. The molecule has 90 valence electrons. The molecule has 2 aromatic carbocycles. The van der Waals surface area contributed by atoms with Crippen molar-refractivity contribution in [3.8, 4) is 0 Å². The van der Waals surface area contributed by atoms with E-state index in [4.69, 9.17) is 11.6 Å². The van der Waals surface area contributed by atoms with Crippen LogP contribution < -0.4 is 4.90 Å². The summed E-state index contributed by atoms with van der Waals surface area (Å²) in [5.74, 6) is -0.0954. The minimum atomic E-state index is -0.205. The second kappa shape index (κ2) is 4.14. The first-order valence-corrected chi connectivity index (χ1v) is 6.18. The molecule has 18 heavy (non-hydrogen) atoms. The summed E-state index contributed by atoms with van der Waals surface area (Å²) in [6.45, 7) is 0. The Morgan fingerprint density at radius 3 is 2.44 bits per heavy atom. The number of fused-ring (bicyclic) bond motifs is 1. The molecule has 0 radical (unpaired) electrons. The highest BCUT2D eigenvalue weighted by molar-refractivity contribution is 6.30. The lowest BCUT2D eigenvalue weighted by atomic mass is 9.93. The van der Waals surface area contributed by atoms with Crippen molar-refractivity contribution in [3.63, 3.8) is 0 Å². The smallest absolute Gasteiger partial charge is 0.238 e. The maximum atomic E-state index is 12.3. The molecule has 0 saturated heterocycles. The van der Waals surface area contributed by atoms with Gasteiger partial charge in [0.2, 0.25) is 5.91 Å². The molecule has 3 rings (SSSR count). The molecule has 0 aliphatic carbocycles. The van der Waals surface area contributed by atoms with Crippen LogP contribution in [0.2, 0.25) is 5.02 Å². The summed E-state index contributed by atoms with van der Waals surface area (Å²) < 4.78 is 0. The van der Waals surface area contributed by atoms with Gasteiger partial charge in [0.25, 0.3) is 0 Å².